The summed E-state index contributed by atoms with van der Waals surface area (Å²) >= 11 is 3.74. The number of benzene rings is 1. The van der Waals surface area contributed by atoms with Crippen molar-refractivity contribution in [3.8, 4) is 0 Å². The molecule has 3 saturated heterocycles. The number of allylic oxidation sites excluding steroid dienone is 1. The van der Waals surface area contributed by atoms with E-state index in [2.05, 4.69) is 34.4 Å². The minimum Gasteiger partial charge on any atom is -0.463 e. The largest absolute Gasteiger partial charge is 0.463 e. The molecule has 1 aromatic rings. The van der Waals surface area contributed by atoms with Gasteiger partial charge in [0.2, 0.25) is 17.7 Å². The Bertz CT molecular complexity index is 1280. The fraction of sp³-hybridized carbons (Fsp3) is 0.600. The molecule has 0 aromatic heterocycles. The van der Waals surface area contributed by atoms with Gasteiger partial charge in [-0.2, -0.15) is 0 Å². The Morgan fingerprint density at radius 1 is 1.20 bits per heavy atom. The van der Waals surface area contributed by atoms with E-state index in [-0.39, 0.29) is 36.3 Å². The lowest BCUT2D eigenvalue weighted by atomic mass is 9.70. The van der Waals surface area contributed by atoms with Gasteiger partial charge < -0.3 is 29.7 Å². The summed E-state index contributed by atoms with van der Waals surface area (Å²) in [5, 5.41) is 12.4. The number of alkyl halides is 1. The van der Waals surface area contributed by atoms with E-state index < -0.39 is 53.0 Å². The second-order valence-corrected chi connectivity index (χ2v) is 14.5. The Balaban J connectivity index is 1.67. The number of aliphatic hydroxyl groups excluding tert-OH is 1. The highest BCUT2D eigenvalue weighted by Crippen LogP contribution is 2.60. The third kappa shape index (κ3) is 7.26. The molecule has 11 heteroatoms. The molecule has 3 amide bonds. The van der Waals surface area contributed by atoms with Crippen LogP contribution < -0.4 is 5.32 Å². The van der Waals surface area contributed by atoms with E-state index >= 15 is 0 Å². The van der Waals surface area contributed by atoms with Crippen molar-refractivity contribution in [1.82, 2.24) is 15.1 Å². The molecular weight excluding hydrogens is 654 g/mol. The maximum absolute atomic E-state index is 14.5. The van der Waals surface area contributed by atoms with Crippen molar-refractivity contribution in [2.75, 3.05) is 26.3 Å². The Morgan fingerprint density at radius 2 is 1.91 bits per heavy atom. The fourth-order valence-corrected chi connectivity index (χ4v) is 8.08. The van der Waals surface area contributed by atoms with E-state index in [9.17, 15) is 24.3 Å². The van der Waals surface area contributed by atoms with Crippen LogP contribution in [0.5, 0.6) is 0 Å². The zero-order valence-electron chi connectivity index (χ0n) is 27.2. The Kier molecular flexibility index (Phi) is 11.9. The first kappa shape index (κ1) is 35.8. The minimum absolute atomic E-state index is 0.0461. The average Bonchev–Trinajstić information content (AvgIpc) is 3.61. The van der Waals surface area contributed by atoms with Gasteiger partial charge in [0.25, 0.3) is 0 Å². The van der Waals surface area contributed by atoms with E-state index in [0.717, 1.165) is 5.56 Å². The predicted molar refractivity (Wildman–Crippen MR) is 178 cm³/mol. The summed E-state index contributed by atoms with van der Waals surface area (Å²) in [7, 11) is 0. The number of aliphatic hydroxyl groups is 1. The highest BCUT2D eigenvalue weighted by Gasteiger charge is 2.76. The van der Waals surface area contributed by atoms with Gasteiger partial charge in [-0.1, -0.05) is 58.4 Å². The number of nitrogens with zero attached hydrogens (tertiary/aromatic N) is 2. The van der Waals surface area contributed by atoms with Crippen molar-refractivity contribution in [3.63, 3.8) is 0 Å². The molecule has 2 bridgehead atoms. The van der Waals surface area contributed by atoms with Gasteiger partial charge in [0.05, 0.1) is 24.0 Å². The highest BCUT2D eigenvalue weighted by molar-refractivity contribution is 9.09. The SMILES string of the molecule is C=CCCC(=O)OC[C@H](NC(=O)[C@@H]1[C@H]2O[C@@]3(CC2Br)[C@H](C(=O)N(CC=C)C(C)(C)C)N(CCCCCO)C(=O)[C@@H]13)c1ccccc1. The number of halogens is 1. The number of carbonyl (C=O) groups excluding carboxylic acids is 4. The molecule has 2 N–H and O–H groups in total. The molecule has 252 valence electrons. The zero-order valence-corrected chi connectivity index (χ0v) is 28.7. The molecule has 7 atom stereocenters. The molecule has 0 radical (unpaired) electrons. The van der Waals surface area contributed by atoms with Crippen molar-refractivity contribution in [2.24, 2.45) is 11.8 Å². The van der Waals surface area contributed by atoms with E-state index in [0.29, 0.717) is 45.2 Å². The summed E-state index contributed by atoms with van der Waals surface area (Å²) in [6, 6.07) is 7.66. The second-order valence-electron chi connectivity index (χ2n) is 13.4. The zero-order chi connectivity index (χ0) is 33.6. The lowest BCUT2D eigenvalue weighted by Gasteiger charge is -2.42. The van der Waals surface area contributed by atoms with Gasteiger partial charge in [0.15, 0.2) is 0 Å². The van der Waals surface area contributed by atoms with Crippen molar-refractivity contribution < 1.29 is 33.8 Å². The van der Waals surface area contributed by atoms with Gasteiger partial charge >= 0.3 is 5.97 Å². The van der Waals surface area contributed by atoms with Crippen LogP contribution in [-0.4, -0.2) is 93.0 Å². The highest BCUT2D eigenvalue weighted by atomic mass is 79.9. The maximum atomic E-state index is 14.5. The monoisotopic (exact) mass is 701 g/mol. The fourth-order valence-electron chi connectivity index (χ4n) is 7.13. The number of fused-ring (bicyclic) bond motifs is 1. The molecular formula is C35H48BrN3O7. The second kappa shape index (κ2) is 15.3. The summed E-state index contributed by atoms with van der Waals surface area (Å²) in [6.07, 6.45) is 5.63. The molecule has 10 nitrogen and oxygen atoms in total. The van der Waals surface area contributed by atoms with Crippen LogP contribution in [0.2, 0.25) is 0 Å². The molecule has 4 rings (SSSR count). The van der Waals surface area contributed by atoms with E-state index in [4.69, 9.17) is 9.47 Å². The first-order valence-electron chi connectivity index (χ1n) is 16.2. The summed E-state index contributed by atoms with van der Waals surface area (Å²) in [5.74, 6) is -3.03. The van der Waals surface area contributed by atoms with Crippen molar-refractivity contribution >= 4 is 39.6 Å². The van der Waals surface area contributed by atoms with Crippen LogP contribution in [0.25, 0.3) is 0 Å². The average molecular weight is 703 g/mol. The van der Waals surface area contributed by atoms with Gasteiger partial charge in [-0.3, -0.25) is 19.2 Å². The number of rotatable bonds is 16. The number of amides is 3. The lowest BCUT2D eigenvalue weighted by Crippen LogP contribution is -2.60. The van der Waals surface area contributed by atoms with Crippen LogP contribution in [0.1, 0.15) is 70.9 Å². The van der Waals surface area contributed by atoms with Crippen LogP contribution in [0.3, 0.4) is 0 Å². The first-order valence-corrected chi connectivity index (χ1v) is 17.1. The van der Waals surface area contributed by atoms with Gasteiger partial charge in [0.1, 0.15) is 18.2 Å². The smallest absolute Gasteiger partial charge is 0.306 e. The van der Waals surface area contributed by atoms with Gasteiger partial charge in [-0.15, -0.1) is 13.2 Å². The summed E-state index contributed by atoms with van der Waals surface area (Å²) < 4.78 is 12.2. The number of esters is 1. The van der Waals surface area contributed by atoms with Crippen LogP contribution in [-0.2, 0) is 28.7 Å². The number of unbranched alkanes of at least 4 members (excludes halogenated alkanes) is 2. The van der Waals surface area contributed by atoms with Gasteiger partial charge in [0, 0.05) is 36.5 Å². The number of hydrogen-bond donors (Lipinski definition) is 2. The summed E-state index contributed by atoms with van der Waals surface area (Å²) in [6.45, 7) is 13.9. The Labute approximate surface area is 280 Å². The molecule has 3 fully saturated rings. The van der Waals surface area contributed by atoms with E-state index in [1.807, 2.05) is 51.1 Å². The van der Waals surface area contributed by atoms with Crippen molar-refractivity contribution in [1.29, 1.82) is 0 Å². The molecule has 3 aliphatic heterocycles. The van der Waals surface area contributed by atoms with Crippen molar-refractivity contribution in [3.05, 3.63) is 61.2 Å². The standard InChI is InChI=1S/C35H48BrN3O7/c1-6-8-17-26(41)45-22-25(23-15-11-9-12-16-23)37-31(42)27-28-32(43)38(19-13-10-14-20-40)30(35(28)21-24(36)29(27)46-35)33(44)39(18-7-2)34(3,4)5/h6-7,9,11-12,15-16,24-25,27-30,40H,1-2,8,10,13-14,17-22H2,3-5H3,(H,37,42)/t24?,25-,27-,28+,29-,30-,35+/m0/s1. The lowest BCUT2D eigenvalue weighted by molar-refractivity contribution is -0.151. The van der Waals surface area contributed by atoms with Crippen LogP contribution in [0.4, 0.5) is 0 Å². The Morgan fingerprint density at radius 3 is 2.54 bits per heavy atom. The Hall–Kier alpha value is -3.02. The molecule has 46 heavy (non-hydrogen) atoms. The number of ether oxygens (including phenoxy) is 2. The van der Waals surface area contributed by atoms with Gasteiger partial charge in [-0.05, 0) is 58.4 Å². The molecule has 0 saturated carbocycles. The number of likely N-dealkylation sites (tertiary alicyclic amines) is 1. The maximum Gasteiger partial charge on any atom is 0.306 e. The van der Waals surface area contributed by atoms with Crippen LogP contribution in [0, 0.1) is 11.8 Å². The van der Waals surface area contributed by atoms with E-state index in [1.165, 1.54) is 0 Å². The first-order chi connectivity index (χ1) is 21.9. The van der Waals surface area contributed by atoms with Crippen molar-refractivity contribution in [2.45, 2.75) is 93.5 Å². The number of hydrogen-bond acceptors (Lipinski definition) is 7. The summed E-state index contributed by atoms with van der Waals surface area (Å²) in [5.41, 5.74) is -1.00. The quantitative estimate of drug-likeness (QED) is 0.115. The molecule has 3 aliphatic rings. The number of nitrogens with one attached hydrogen (secondary N) is 1. The third-order valence-electron chi connectivity index (χ3n) is 9.25. The molecule has 3 heterocycles. The molecule has 1 aromatic carbocycles. The predicted octanol–water partition coefficient (Wildman–Crippen LogP) is 4.08. The molecule has 1 unspecified atom stereocenters. The van der Waals surface area contributed by atoms with Crippen LogP contribution in [0.15, 0.2) is 55.6 Å². The molecule has 1 spiro atoms. The third-order valence-corrected chi connectivity index (χ3v) is 10.1. The number of carbonyl (C=O) groups is 4. The van der Waals surface area contributed by atoms with Crippen LogP contribution >= 0.6 is 15.9 Å². The van der Waals surface area contributed by atoms with Gasteiger partial charge in [-0.25, -0.2) is 0 Å². The minimum atomic E-state index is -1.20. The normalized spacial score (nSPS) is 27.2. The topological polar surface area (TPSA) is 125 Å². The van der Waals surface area contributed by atoms with E-state index in [1.54, 1.807) is 22.0 Å². The molecule has 0 aliphatic carbocycles. The summed E-state index contributed by atoms with van der Waals surface area (Å²) in [4.78, 5) is 58.6.